The molecule has 1 amide bonds. The number of carbonyl (C=O) groups is 1. The third-order valence-electron chi connectivity index (χ3n) is 4.52. The van der Waals surface area contributed by atoms with Crippen molar-refractivity contribution in [2.24, 2.45) is 0 Å². The molecule has 0 saturated carbocycles. The summed E-state index contributed by atoms with van der Waals surface area (Å²) in [5.41, 5.74) is 3.94. The van der Waals surface area contributed by atoms with Gasteiger partial charge in [0.2, 0.25) is 0 Å². The molecule has 3 heterocycles. The van der Waals surface area contributed by atoms with Crippen molar-refractivity contribution in [2.45, 2.75) is 26.9 Å². The topological polar surface area (TPSA) is 97.2 Å². The molecule has 0 unspecified atom stereocenters. The van der Waals surface area contributed by atoms with Gasteiger partial charge in [-0.05, 0) is 32.4 Å². The largest absolute Gasteiger partial charge is 0.360 e. The van der Waals surface area contributed by atoms with Crippen molar-refractivity contribution in [1.82, 2.24) is 10.3 Å². The van der Waals surface area contributed by atoms with Crippen LogP contribution in [0.3, 0.4) is 0 Å². The van der Waals surface area contributed by atoms with Crippen LogP contribution in [-0.2, 0) is 0 Å². The van der Waals surface area contributed by atoms with Gasteiger partial charge in [0.15, 0.2) is 0 Å². The van der Waals surface area contributed by atoms with Gasteiger partial charge in [-0.2, -0.15) is 0 Å². The predicted octanol–water partition coefficient (Wildman–Crippen LogP) is 3.98. The monoisotopic (exact) mass is 368 g/mol. The number of hydrogen-bond donors (Lipinski definition) is 2. The zero-order chi connectivity index (χ0) is 18.6. The maximum Gasteiger partial charge on any atom is 0.272 e. The summed E-state index contributed by atoms with van der Waals surface area (Å²) in [6.45, 7) is 5.60. The maximum absolute atomic E-state index is 12.6. The Morgan fingerprint density at radius 1 is 1.15 bits per heavy atom. The van der Waals surface area contributed by atoms with E-state index in [4.69, 9.17) is 0 Å². The highest BCUT2D eigenvalue weighted by Crippen LogP contribution is 2.41. The molecule has 7 nitrogen and oxygen atoms in total. The summed E-state index contributed by atoms with van der Waals surface area (Å²) in [6, 6.07) is 6.96. The minimum Gasteiger partial charge on any atom is -0.360 e. The Kier molecular flexibility index (Phi) is 3.66. The van der Waals surface area contributed by atoms with E-state index in [9.17, 15) is 14.9 Å². The molecule has 2 aromatic heterocycles. The zero-order valence-corrected chi connectivity index (χ0v) is 15.2. The average Bonchev–Trinajstić information content (AvgIpc) is 2.94. The number of aryl methyl sites for hydroxylation is 3. The first-order valence-corrected chi connectivity index (χ1v) is 8.90. The van der Waals surface area contributed by atoms with Crippen molar-refractivity contribution in [3.05, 3.63) is 61.6 Å². The maximum atomic E-state index is 12.6. The molecule has 0 aliphatic carbocycles. The molecule has 1 atom stereocenters. The molecule has 4 rings (SSSR count). The quantitative estimate of drug-likeness (QED) is 0.527. The fraction of sp³-hybridized carbons (Fsp3) is 0.222. The molecule has 3 aromatic rings. The standard InChI is InChI=1S/C18H16N4O3S/c1-8-4-5-11(7-12(8)22(24)25)16-20-14-13-9(2)6-10(3)19-18(13)26-15(14)17(23)21-16/h4-7,16,20H,1-3H3,(H,21,23)/t16-/m0/s1. The van der Waals surface area contributed by atoms with Gasteiger partial charge in [0.1, 0.15) is 15.9 Å². The minimum absolute atomic E-state index is 0.0352. The van der Waals surface area contributed by atoms with Gasteiger partial charge in [-0.25, -0.2) is 4.98 Å². The molecule has 26 heavy (non-hydrogen) atoms. The molecule has 0 bridgehead atoms. The number of fused-ring (bicyclic) bond motifs is 3. The van der Waals surface area contributed by atoms with Crippen molar-refractivity contribution < 1.29 is 9.72 Å². The van der Waals surface area contributed by atoms with Crippen LogP contribution in [0.5, 0.6) is 0 Å². The van der Waals surface area contributed by atoms with Gasteiger partial charge in [-0.3, -0.25) is 14.9 Å². The van der Waals surface area contributed by atoms with Gasteiger partial charge in [0.05, 0.1) is 10.6 Å². The lowest BCUT2D eigenvalue weighted by molar-refractivity contribution is -0.385. The first-order chi connectivity index (χ1) is 12.3. The van der Waals surface area contributed by atoms with E-state index in [1.54, 1.807) is 19.1 Å². The van der Waals surface area contributed by atoms with E-state index in [0.29, 0.717) is 16.0 Å². The summed E-state index contributed by atoms with van der Waals surface area (Å²) < 4.78 is 0. The summed E-state index contributed by atoms with van der Waals surface area (Å²) in [5.74, 6) is -0.202. The number of carbonyl (C=O) groups excluding carboxylic acids is 1. The minimum atomic E-state index is -0.534. The smallest absolute Gasteiger partial charge is 0.272 e. The van der Waals surface area contributed by atoms with Gasteiger partial charge in [0, 0.05) is 28.3 Å². The Bertz CT molecular complexity index is 1090. The number of pyridine rings is 1. The summed E-state index contributed by atoms with van der Waals surface area (Å²) in [7, 11) is 0. The van der Waals surface area contributed by atoms with E-state index < -0.39 is 11.1 Å². The molecule has 1 aliphatic heterocycles. The van der Waals surface area contributed by atoms with Crippen molar-refractivity contribution in [1.29, 1.82) is 0 Å². The number of nitro benzene ring substituents is 1. The van der Waals surface area contributed by atoms with E-state index in [1.165, 1.54) is 17.4 Å². The molecule has 0 spiro atoms. The van der Waals surface area contributed by atoms with Crippen molar-refractivity contribution in [3.8, 4) is 0 Å². The van der Waals surface area contributed by atoms with Crippen molar-refractivity contribution in [3.63, 3.8) is 0 Å². The number of nitrogens with zero attached hydrogens (tertiary/aromatic N) is 2. The lowest BCUT2D eigenvalue weighted by Crippen LogP contribution is -2.37. The predicted molar refractivity (Wildman–Crippen MR) is 101 cm³/mol. The van der Waals surface area contributed by atoms with E-state index in [2.05, 4.69) is 15.6 Å². The van der Waals surface area contributed by atoms with Gasteiger partial charge >= 0.3 is 0 Å². The second kappa shape index (κ2) is 5.77. The Hall–Kier alpha value is -3.00. The Morgan fingerprint density at radius 2 is 1.92 bits per heavy atom. The van der Waals surface area contributed by atoms with Crippen LogP contribution in [0.1, 0.15) is 38.2 Å². The molecule has 1 aromatic carbocycles. The van der Waals surface area contributed by atoms with Crippen molar-refractivity contribution in [2.75, 3.05) is 5.32 Å². The molecule has 0 fully saturated rings. The molecule has 0 radical (unpaired) electrons. The van der Waals surface area contributed by atoms with Crippen molar-refractivity contribution >= 4 is 38.8 Å². The highest BCUT2D eigenvalue weighted by Gasteiger charge is 2.30. The number of benzene rings is 1. The molecular formula is C18H16N4O3S. The number of thiophene rings is 1. The van der Waals surface area contributed by atoms with E-state index in [-0.39, 0.29) is 11.6 Å². The fourth-order valence-corrected chi connectivity index (χ4v) is 4.45. The number of rotatable bonds is 2. The van der Waals surface area contributed by atoms with Gasteiger partial charge in [0.25, 0.3) is 11.6 Å². The van der Waals surface area contributed by atoms with E-state index in [1.807, 2.05) is 19.9 Å². The van der Waals surface area contributed by atoms with Crippen LogP contribution in [0.4, 0.5) is 11.4 Å². The Labute approximate surface area is 153 Å². The number of anilines is 1. The van der Waals surface area contributed by atoms with Crippen LogP contribution >= 0.6 is 11.3 Å². The Morgan fingerprint density at radius 3 is 2.65 bits per heavy atom. The van der Waals surface area contributed by atoms with Crippen LogP contribution in [0, 0.1) is 30.9 Å². The third kappa shape index (κ3) is 2.50. The second-order valence-corrected chi connectivity index (χ2v) is 7.42. The normalized spacial score (nSPS) is 16.1. The van der Waals surface area contributed by atoms with Crippen LogP contribution in [0.2, 0.25) is 0 Å². The van der Waals surface area contributed by atoms with Crippen LogP contribution in [-0.4, -0.2) is 15.8 Å². The molecule has 2 N–H and O–H groups in total. The molecule has 0 saturated heterocycles. The third-order valence-corrected chi connectivity index (χ3v) is 5.60. The number of amides is 1. The SMILES string of the molecule is Cc1cc(C)c2c3c(sc2n1)C(=O)N[C@@H](c1ccc(C)c([N+](=O)[O-])c1)N3. The number of nitrogens with one attached hydrogen (secondary N) is 2. The highest BCUT2D eigenvalue weighted by molar-refractivity contribution is 7.21. The molecule has 1 aliphatic rings. The van der Waals surface area contributed by atoms with Crippen LogP contribution in [0.15, 0.2) is 24.3 Å². The number of aromatic nitrogens is 1. The zero-order valence-electron chi connectivity index (χ0n) is 14.4. The average molecular weight is 368 g/mol. The van der Waals surface area contributed by atoms with E-state index in [0.717, 1.165) is 27.2 Å². The lowest BCUT2D eigenvalue weighted by atomic mass is 10.0. The van der Waals surface area contributed by atoms with E-state index >= 15 is 0 Å². The number of hydrogen-bond acceptors (Lipinski definition) is 6. The molecular weight excluding hydrogens is 352 g/mol. The first-order valence-electron chi connectivity index (χ1n) is 8.08. The summed E-state index contributed by atoms with van der Waals surface area (Å²) in [5, 5.41) is 18.4. The molecule has 8 heteroatoms. The van der Waals surface area contributed by atoms with Crippen LogP contribution in [0.25, 0.3) is 10.2 Å². The molecule has 132 valence electrons. The Balaban J connectivity index is 1.82. The second-order valence-electron chi connectivity index (χ2n) is 6.42. The highest BCUT2D eigenvalue weighted by atomic mass is 32.1. The van der Waals surface area contributed by atoms with Gasteiger partial charge < -0.3 is 10.6 Å². The van der Waals surface area contributed by atoms with Gasteiger partial charge in [-0.1, -0.05) is 12.1 Å². The first kappa shape index (κ1) is 16.5. The van der Waals surface area contributed by atoms with Gasteiger partial charge in [-0.15, -0.1) is 11.3 Å². The summed E-state index contributed by atoms with van der Waals surface area (Å²) in [6.07, 6.45) is -0.534. The lowest BCUT2D eigenvalue weighted by Gasteiger charge is -2.26. The summed E-state index contributed by atoms with van der Waals surface area (Å²) in [4.78, 5) is 29.4. The fourth-order valence-electron chi connectivity index (χ4n) is 3.29. The number of nitro groups is 1. The summed E-state index contributed by atoms with van der Waals surface area (Å²) >= 11 is 1.35. The van der Waals surface area contributed by atoms with Crippen LogP contribution < -0.4 is 10.6 Å².